The van der Waals surface area contributed by atoms with E-state index in [9.17, 15) is 4.79 Å². The SMILES string of the molecule is CCOC(=O)c1ccn2c1cnc1c(Cl)cccc12. The fraction of sp³-hybridized carbons (Fsp3) is 0.143. The predicted molar refractivity (Wildman–Crippen MR) is 73.7 cm³/mol. The van der Waals surface area contributed by atoms with Gasteiger partial charge in [-0.25, -0.2) is 4.79 Å². The van der Waals surface area contributed by atoms with E-state index in [-0.39, 0.29) is 5.97 Å². The zero-order chi connectivity index (χ0) is 13.4. The fourth-order valence-electron chi connectivity index (χ4n) is 2.12. The molecule has 0 aliphatic carbocycles. The van der Waals surface area contributed by atoms with Crippen LogP contribution in [0.5, 0.6) is 0 Å². The largest absolute Gasteiger partial charge is 0.462 e. The average Bonchev–Trinajstić information content (AvgIpc) is 2.83. The molecule has 3 aromatic rings. The Hall–Kier alpha value is -2.07. The topological polar surface area (TPSA) is 43.6 Å². The Bertz CT molecular complexity index is 780. The van der Waals surface area contributed by atoms with Gasteiger partial charge < -0.3 is 9.14 Å². The van der Waals surface area contributed by atoms with E-state index in [4.69, 9.17) is 16.3 Å². The van der Waals surface area contributed by atoms with Crippen LogP contribution in [-0.4, -0.2) is 22.0 Å². The van der Waals surface area contributed by atoms with Crippen LogP contribution in [0.2, 0.25) is 5.02 Å². The highest BCUT2D eigenvalue weighted by molar-refractivity contribution is 6.34. The minimum absolute atomic E-state index is 0.340. The maximum atomic E-state index is 11.8. The second-order valence-electron chi connectivity index (χ2n) is 4.07. The van der Waals surface area contributed by atoms with Crippen molar-refractivity contribution in [2.75, 3.05) is 6.61 Å². The van der Waals surface area contributed by atoms with Gasteiger partial charge in [0.1, 0.15) is 5.52 Å². The molecule has 5 heteroatoms. The van der Waals surface area contributed by atoms with Crippen molar-refractivity contribution in [2.24, 2.45) is 0 Å². The van der Waals surface area contributed by atoms with Crippen molar-refractivity contribution >= 4 is 34.1 Å². The first-order valence-electron chi connectivity index (χ1n) is 5.93. The molecule has 0 saturated carbocycles. The predicted octanol–water partition coefficient (Wildman–Crippen LogP) is 3.32. The summed E-state index contributed by atoms with van der Waals surface area (Å²) in [5, 5.41) is 0.589. The van der Waals surface area contributed by atoms with Crippen LogP contribution in [-0.2, 0) is 4.74 Å². The van der Waals surface area contributed by atoms with Crippen LogP contribution < -0.4 is 0 Å². The number of ether oxygens (including phenoxy) is 1. The number of esters is 1. The molecule has 2 heterocycles. The molecule has 0 bridgehead atoms. The van der Waals surface area contributed by atoms with Gasteiger partial charge >= 0.3 is 5.97 Å². The quantitative estimate of drug-likeness (QED) is 0.673. The van der Waals surface area contributed by atoms with Gasteiger partial charge in [0.15, 0.2) is 0 Å². The van der Waals surface area contributed by atoms with Gasteiger partial charge in [-0.3, -0.25) is 4.98 Å². The number of benzene rings is 1. The molecule has 0 amide bonds. The maximum Gasteiger partial charge on any atom is 0.340 e. The smallest absolute Gasteiger partial charge is 0.340 e. The van der Waals surface area contributed by atoms with Crippen LogP contribution in [0, 0.1) is 0 Å². The van der Waals surface area contributed by atoms with Gasteiger partial charge in [-0.15, -0.1) is 0 Å². The Kier molecular flexibility index (Phi) is 2.87. The lowest BCUT2D eigenvalue weighted by Crippen LogP contribution is -2.04. The van der Waals surface area contributed by atoms with E-state index in [2.05, 4.69) is 4.98 Å². The number of fused-ring (bicyclic) bond motifs is 3. The van der Waals surface area contributed by atoms with E-state index in [1.165, 1.54) is 0 Å². The molecule has 19 heavy (non-hydrogen) atoms. The van der Waals surface area contributed by atoms with Crippen molar-refractivity contribution in [3.05, 3.63) is 47.2 Å². The van der Waals surface area contributed by atoms with Gasteiger partial charge in [0.05, 0.1) is 34.4 Å². The molecule has 3 rings (SSSR count). The zero-order valence-corrected chi connectivity index (χ0v) is 11.0. The van der Waals surface area contributed by atoms with E-state index < -0.39 is 0 Å². The number of para-hydroxylation sites is 1. The Morgan fingerprint density at radius 2 is 2.21 bits per heavy atom. The summed E-state index contributed by atoms with van der Waals surface area (Å²) in [4.78, 5) is 16.2. The monoisotopic (exact) mass is 274 g/mol. The third-order valence-electron chi connectivity index (χ3n) is 2.96. The first-order chi connectivity index (χ1) is 9.22. The van der Waals surface area contributed by atoms with Crippen LogP contribution in [0.4, 0.5) is 0 Å². The van der Waals surface area contributed by atoms with E-state index in [0.29, 0.717) is 28.2 Å². The highest BCUT2D eigenvalue weighted by Crippen LogP contribution is 2.24. The number of hydrogen-bond acceptors (Lipinski definition) is 3. The first kappa shape index (κ1) is 12.0. The van der Waals surface area contributed by atoms with Crippen molar-refractivity contribution in [3.8, 4) is 0 Å². The Morgan fingerprint density at radius 1 is 1.37 bits per heavy atom. The minimum Gasteiger partial charge on any atom is -0.462 e. The Balaban J connectivity index is 2.29. The molecule has 0 saturated heterocycles. The minimum atomic E-state index is -0.340. The van der Waals surface area contributed by atoms with E-state index in [0.717, 1.165) is 5.52 Å². The van der Waals surface area contributed by atoms with Crippen LogP contribution in [0.25, 0.3) is 16.6 Å². The molecule has 0 atom stereocenters. The molecule has 0 fully saturated rings. The average molecular weight is 275 g/mol. The molecule has 0 N–H and O–H groups in total. The first-order valence-corrected chi connectivity index (χ1v) is 6.31. The molecule has 1 aromatic carbocycles. The summed E-state index contributed by atoms with van der Waals surface area (Å²) in [7, 11) is 0. The van der Waals surface area contributed by atoms with Crippen molar-refractivity contribution in [3.63, 3.8) is 0 Å². The molecule has 0 radical (unpaired) electrons. The number of rotatable bonds is 2. The summed E-state index contributed by atoms with van der Waals surface area (Å²) >= 11 is 6.11. The van der Waals surface area contributed by atoms with Gasteiger partial charge in [-0.05, 0) is 25.1 Å². The summed E-state index contributed by atoms with van der Waals surface area (Å²) in [6.07, 6.45) is 3.46. The maximum absolute atomic E-state index is 11.8. The second-order valence-corrected chi connectivity index (χ2v) is 4.48. The molecule has 4 nitrogen and oxygen atoms in total. The molecular formula is C14H11ClN2O2. The third-order valence-corrected chi connectivity index (χ3v) is 3.27. The number of hydrogen-bond donors (Lipinski definition) is 0. The summed E-state index contributed by atoms with van der Waals surface area (Å²) in [5.41, 5.74) is 2.80. The van der Waals surface area contributed by atoms with Crippen molar-refractivity contribution < 1.29 is 9.53 Å². The van der Waals surface area contributed by atoms with Gasteiger partial charge in [0, 0.05) is 6.20 Å². The van der Waals surface area contributed by atoms with Gasteiger partial charge in [-0.2, -0.15) is 0 Å². The van der Waals surface area contributed by atoms with Gasteiger partial charge in [0.2, 0.25) is 0 Å². The molecule has 0 unspecified atom stereocenters. The van der Waals surface area contributed by atoms with E-state index >= 15 is 0 Å². The van der Waals surface area contributed by atoms with Crippen LogP contribution >= 0.6 is 11.6 Å². The lowest BCUT2D eigenvalue weighted by atomic mass is 10.2. The lowest BCUT2D eigenvalue weighted by Gasteiger charge is -2.04. The molecule has 2 aromatic heterocycles. The normalized spacial score (nSPS) is 11.1. The molecule has 0 spiro atoms. The van der Waals surface area contributed by atoms with Crippen molar-refractivity contribution in [1.82, 2.24) is 9.38 Å². The lowest BCUT2D eigenvalue weighted by molar-refractivity contribution is 0.0529. The van der Waals surface area contributed by atoms with Crippen LogP contribution in [0.3, 0.4) is 0 Å². The van der Waals surface area contributed by atoms with Crippen molar-refractivity contribution in [2.45, 2.75) is 6.92 Å². The second kappa shape index (κ2) is 4.55. The summed E-state index contributed by atoms with van der Waals surface area (Å²) in [5.74, 6) is -0.340. The third kappa shape index (κ3) is 1.85. The molecule has 0 aliphatic rings. The van der Waals surface area contributed by atoms with Gasteiger partial charge in [-0.1, -0.05) is 17.7 Å². The zero-order valence-electron chi connectivity index (χ0n) is 10.3. The Labute approximate surface area is 114 Å². The number of aromatic nitrogens is 2. The summed E-state index contributed by atoms with van der Waals surface area (Å²) < 4.78 is 6.91. The van der Waals surface area contributed by atoms with Crippen molar-refractivity contribution in [1.29, 1.82) is 0 Å². The van der Waals surface area contributed by atoms with Crippen LogP contribution in [0.1, 0.15) is 17.3 Å². The molecule has 96 valence electrons. The summed E-state index contributed by atoms with van der Waals surface area (Å²) in [6, 6.07) is 7.29. The standard InChI is InChI=1S/C14H11ClN2O2/c1-2-19-14(18)9-6-7-17-11-5-3-4-10(15)13(11)16-8-12(9)17/h3-8H,2H2,1H3. The summed E-state index contributed by atoms with van der Waals surface area (Å²) in [6.45, 7) is 2.13. The van der Waals surface area contributed by atoms with E-state index in [1.807, 2.05) is 22.7 Å². The van der Waals surface area contributed by atoms with E-state index in [1.54, 1.807) is 25.3 Å². The number of carbonyl (C=O) groups excluding carboxylic acids is 1. The fourth-order valence-corrected chi connectivity index (χ4v) is 2.34. The number of carbonyl (C=O) groups is 1. The Morgan fingerprint density at radius 3 is 3.00 bits per heavy atom. The van der Waals surface area contributed by atoms with Gasteiger partial charge in [0.25, 0.3) is 0 Å². The molecular weight excluding hydrogens is 264 g/mol. The number of halogens is 1. The van der Waals surface area contributed by atoms with Crippen LogP contribution in [0.15, 0.2) is 36.7 Å². The number of nitrogens with zero attached hydrogens (tertiary/aromatic N) is 2. The molecule has 0 aliphatic heterocycles. The highest BCUT2D eigenvalue weighted by Gasteiger charge is 2.14. The highest BCUT2D eigenvalue weighted by atomic mass is 35.5.